The summed E-state index contributed by atoms with van der Waals surface area (Å²) in [5.74, 6) is -0.863. The lowest BCUT2D eigenvalue weighted by Crippen LogP contribution is -2.47. The molecule has 2 aromatic carbocycles. The van der Waals surface area contributed by atoms with Crippen molar-refractivity contribution in [2.45, 2.75) is 32.8 Å². The number of halogens is 2. The SMILES string of the molecule is Cc1cc(Cl)ccc1OCCCC(=O)NNC(=O)C(C)Oc1ccccc1F. The quantitative estimate of drug-likeness (QED) is 0.517. The zero-order valence-corrected chi connectivity index (χ0v) is 16.4. The molecule has 0 saturated heterocycles. The standard InChI is InChI=1S/C20H22ClFN2O4/c1-13-12-15(21)9-10-17(13)27-11-5-8-19(25)23-24-20(26)14(2)28-18-7-4-3-6-16(18)22/h3-4,6-7,9-10,12,14H,5,8,11H2,1-2H3,(H,23,25)(H,24,26). The lowest BCUT2D eigenvalue weighted by atomic mass is 10.2. The topological polar surface area (TPSA) is 76.7 Å². The van der Waals surface area contributed by atoms with Crippen molar-refractivity contribution in [2.24, 2.45) is 0 Å². The number of amides is 2. The van der Waals surface area contributed by atoms with Gasteiger partial charge in [-0.15, -0.1) is 0 Å². The van der Waals surface area contributed by atoms with Gasteiger partial charge in [-0.1, -0.05) is 23.7 Å². The van der Waals surface area contributed by atoms with Crippen LogP contribution in [0, 0.1) is 12.7 Å². The monoisotopic (exact) mass is 408 g/mol. The van der Waals surface area contributed by atoms with Crippen LogP contribution >= 0.6 is 11.6 Å². The van der Waals surface area contributed by atoms with E-state index in [4.69, 9.17) is 21.1 Å². The van der Waals surface area contributed by atoms with Gasteiger partial charge in [0.15, 0.2) is 17.7 Å². The van der Waals surface area contributed by atoms with Crippen molar-refractivity contribution >= 4 is 23.4 Å². The summed E-state index contributed by atoms with van der Waals surface area (Å²) in [5.41, 5.74) is 5.46. The van der Waals surface area contributed by atoms with Crippen molar-refractivity contribution in [1.29, 1.82) is 0 Å². The van der Waals surface area contributed by atoms with Crippen LogP contribution in [0.3, 0.4) is 0 Å². The van der Waals surface area contributed by atoms with E-state index >= 15 is 0 Å². The Bertz CT molecular complexity index is 832. The number of carbonyl (C=O) groups is 2. The zero-order valence-electron chi connectivity index (χ0n) is 15.6. The second kappa shape index (κ2) is 10.5. The van der Waals surface area contributed by atoms with Crippen molar-refractivity contribution < 1.29 is 23.5 Å². The summed E-state index contributed by atoms with van der Waals surface area (Å²) in [6, 6.07) is 11.1. The molecule has 1 atom stereocenters. The van der Waals surface area contributed by atoms with Crippen molar-refractivity contribution in [2.75, 3.05) is 6.61 Å². The Morgan fingerprint density at radius 1 is 1.14 bits per heavy atom. The molecule has 2 aromatic rings. The number of carbonyl (C=O) groups excluding carboxylic acids is 2. The Morgan fingerprint density at radius 2 is 1.89 bits per heavy atom. The van der Waals surface area contributed by atoms with E-state index in [9.17, 15) is 14.0 Å². The number of hydrogen-bond donors (Lipinski definition) is 2. The van der Waals surface area contributed by atoms with E-state index in [0.717, 1.165) is 5.56 Å². The normalized spacial score (nSPS) is 11.4. The summed E-state index contributed by atoms with van der Waals surface area (Å²) in [5, 5.41) is 0.633. The highest BCUT2D eigenvalue weighted by atomic mass is 35.5. The summed E-state index contributed by atoms with van der Waals surface area (Å²) >= 11 is 5.88. The largest absolute Gasteiger partial charge is 0.493 e. The van der Waals surface area contributed by atoms with Gasteiger partial charge in [-0.3, -0.25) is 20.4 Å². The Balaban J connectivity index is 1.66. The maximum Gasteiger partial charge on any atom is 0.279 e. The Labute approximate surface area is 167 Å². The smallest absolute Gasteiger partial charge is 0.279 e. The molecular weight excluding hydrogens is 387 g/mol. The van der Waals surface area contributed by atoms with E-state index < -0.39 is 17.8 Å². The molecule has 28 heavy (non-hydrogen) atoms. The third-order valence-electron chi connectivity index (χ3n) is 3.78. The highest BCUT2D eigenvalue weighted by molar-refractivity contribution is 6.30. The van der Waals surface area contributed by atoms with Crippen molar-refractivity contribution in [1.82, 2.24) is 10.9 Å². The van der Waals surface area contributed by atoms with Crippen LogP contribution in [-0.4, -0.2) is 24.5 Å². The minimum Gasteiger partial charge on any atom is -0.493 e. The minimum atomic E-state index is -0.978. The molecule has 150 valence electrons. The van der Waals surface area contributed by atoms with E-state index in [2.05, 4.69) is 10.9 Å². The molecule has 2 rings (SSSR count). The van der Waals surface area contributed by atoms with Crippen LogP contribution in [0.2, 0.25) is 5.02 Å². The average Bonchev–Trinajstić information content (AvgIpc) is 2.66. The summed E-state index contributed by atoms with van der Waals surface area (Å²) in [6.45, 7) is 3.68. The van der Waals surface area contributed by atoms with Gasteiger partial charge in [0.25, 0.3) is 5.91 Å². The summed E-state index contributed by atoms with van der Waals surface area (Å²) in [4.78, 5) is 23.7. The fourth-order valence-electron chi connectivity index (χ4n) is 2.27. The van der Waals surface area contributed by atoms with Crippen molar-refractivity contribution in [3.63, 3.8) is 0 Å². The van der Waals surface area contributed by atoms with E-state index in [1.165, 1.54) is 25.1 Å². The summed E-state index contributed by atoms with van der Waals surface area (Å²) in [6.07, 6.45) is -0.353. The first-order valence-corrected chi connectivity index (χ1v) is 9.13. The van der Waals surface area contributed by atoms with Crippen LogP contribution in [0.4, 0.5) is 4.39 Å². The van der Waals surface area contributed by atoms with E-state index in [0.29, 0.717) is 23.8 Å². The number of para-hydroxylation sites is 1. The van der Waals surface area contributed by atoms with Gasteiger partial charge in [0.2, 0.25) is 5.91 Å². The molecule has 0 aliphatic heterocycles. The maximum absolute atomic E-state index is 13.5. The molecule has 0 bridgehead atoms. The fourth-order valence-corrected chi connectivity index (χ4v) is 2.50. The second-order valence-electron chi connectivity index (χ2n) is 6.09. The van der Waals surface area contributed by atoms with Crippen molar-refractivity contribution in [3.8, 4) is 11.5 Å². The lowest BCUT2D eigenvalue weighted by Gasteiger charge is -2.15. The van der Waals surface area contributed by atoms with Gasteiger partial charge < -0.3 is 9.47 Å². The molecule has 1 unspecified atom stereocenters. The van der Waals surface area contributed by atoms with Gasteiger partial charge in [0, 0.05) is 11.4 Å². The van der Waals surface area contributed by atoms with E-state index in [1.54, 1.807) is 24.3 Å². The molecule has 6 nitrogen and oxygen atoms in total. The molecule has 0 spiro atoms. The number of hydrogen-bond acceptors (Lipinski definition) is 4. The summed E-state index contributed by atoms with van der Waals surface area (Å²) in [7, 11) is 0. The number of aryl methyl sites for hydroxylation is 1. The molecule has 2 amide bonds. The molecule has 0 saturated carbocycles. The zero-order chi connectivity index (χ0) is 20.5. The van der Waals surface area contributed by atoms with Gasteiger partial charge in [0.1, 0.15) is 5.75 Å². The molecule has 0 radical (unpaired) electrons. The third-order valence-corrected chi connectivity index (χ3v) is 4.01. The first kappa shape index (κ1) is 21.5. The number of rotatable bonds is 8. The van der Waals surface area contributed by atoms with Crippen LogP contribution in [0.25, 0.3) is 0 Å². The predicted octanol–water partition coefficient (Wildman–Crippen LogP) is 3.56. The molecular formula is C20H22ClFN2O4. The van der Waals surface area contributed by atoms with Gasteiger partial charge in [-0.2, -0.15) is 0 Å². The van der Waals surface area contributed by atoms with Crippen molar-refractivity contribution in [3.05, 3.63) is 58.9 Å². The minimum absolute atomic E-state index is 0.0360. The molecule has 0 aliphatic rings. The van der Waals surface area contributed by atoms with Crippen LogP contribution in [0.1, 0.15) is 25.3 Å². The van der Waals surface area contributed by atoms with Gasteiger partial charge in [0.05, 0.1) is 6.61 Å². The second-order valence-corrected chi connectivity index (χ2v) is 6.53. The third kappa shape index (κ3) is 6.74. The fraction of sp³-hybridized carbons (Fsp3) is 0.300. The lowest BCUT2D eigenvalue weighted by molar-refractivity contribution is -0.132. The molecule has 0 heterocycles. The molecule has 8 heteroatoms. The number of hydrazine groups is 1. The highest BCUT2D eigenvalue weighted by Crippen LogP contribution is 2.22. The molecule has 0 fully saturated rings. The predicted molar refractivity (Wildman–Crippen MR) is 104 cm³/mol. The van der Waals surface area contributed by atoms with Gasteiger partial charge in [-0.25, -0.2) is 4.39 Å². The average molecular weight is 409 g/mol. The highest BCUT2D eigenvalue weighted by Gasteiger charge is 2.17. The molecule has 2 N–H and O–H groups in total. The van der Waals surface area contributed by atoms with Gasteiger partial charge in [-0.05, 0) is 56.2 Å². The van der Waals surface area contributed by atoms with Crippen LogP contribution < -0.4 is 20.3 Å². The van der Waals surface area contributed by atoms with Crippen LogP contribution in [0.15, 0.2) is 42.5 Å². The molecule has 0 aromatic heterocycles. The van der Waals surface area contributed by atoms with E-state index in [1.807, 2.05) is 6.92 Å². The first-order chi connectivity index (χ1) is 13.4. The Morgan fingerprint density at radius 3 is 2.61 bits per heavy atom. The first-order valence-electron chi connectivity index (χ1n) is 8.75. The van der Waals surface area contributed by atoms with Crippen LogP contribution in [-0.2, 0) is 9.59 Å². The summed E-state index contributed by atoms with van der Waals surface area (Å²) < 4.78 is 24.4. The van der Waals surface area contributed by atoms with Gasteiger partial charge >= 0.3 is 0 Å². The maximum atomic E-state index is 13.5. The van der Waals surface area contributed by atoms with Crippen LogP contribution in [0.5, 0.6) is 11.5 Å². The Hall–Kier alpha value is -2.80. The number of ether oxygens (including phenoxy) is 2. The number of nitrogens with one attached hydrogen (secondary N) is 2. The molecule has 0 aliphatic carbocycles. The van der Waals surface area contributed by atoms with E-state index in [-0.39, 0.29) is 18.1 Å². The Kier molecular flexibility index (Phi) is 8.07. The number of benzene rings is 2.